The standard InChI is InChI=1S/C13H16ClNO3/c1-8(14)5-9(2)15-13(16)10-3-4-11-12(6-10)18-7-17-11/h3-4,6,8-9H,5,7H2,1-2H3,(H,15,16). The summed E-state index contributed by atoms with van der Waals surface area (Å²) in [5.41, 5.74) is 0.563. The van der Waals surface area contributed by atoms with Gasteiger partial charge in [0, 0.05) is 17.0 Å². The minimum atomic E-state index is -0.127. The van der Waals surface area contributed by atoms with E-state index in [4.69, 9.17) is 21.1 Å². The van der Waals surface area contributed by atoms with Crippen molar-refractivity contribution in [3.05, 3.63) is 23.8 Å². The van der Waals surface area contributed by atoms with Gasteiger partial charge in [-0.1, -0.05) is 0 Å². The topological polar surface area (TPSA) is 47.6 Å². The summed E-state index contributed by atoms with van der Waals surface area (Å²) in [6, 6.07) is 5.19. The zero-order valence-electron chi connectivity index (χ0n) is 10.4. The fourth-order valence-corrected chi connectivity index (χ4v) is 2.16. The van der Waals surface area contributed by atoms with Crippen molar-refractivity contribution < 1.29 is 14.3 Å². The molecule has 0 saturated heterocycles. The zero-order valence-corrected chi connectivity index (χ0v) is 11.2. The lowest BCUT2D eigenvalue weighted by Crippen LogP contribution is -2.33. The van der Waals surface area contributed by atoms with Crippen molar-refractivity contribution in [2.45, 2.75) is 31.7 Å². The van der Waals surface area contributed by atoms with E-state index in [-0.39, 0.29) is 24.1 Å². The van der Waals surface area contributed by atoms with Crippen LogP contribution in [-0.2, 0) is 0 Å². The summed E-state index contributed by atoms with van der Waals surface area (Å²) >= 11 is 5.89. The van der Waals surface area contributed by atoms with Crippen molar-refractivity contribution in [1.82, 2.24) is 5.32 Å². The highest BCUT2D eigenvalue weighted by atomic mass is 35.5. The first-order valence-corrected chi connectivity index (χ1v) is 6.34. The molecule has 4 nitrogen and oxygen atoms in total. The summed E-state index contributed by atoms with van der Waals surface area (Å²) in [6.07, 6.45) is 0.734. The Labute approximate surface area is 111 Å². The summed E-state index contributed by atoms with van der Waals surface area (Å²) in [5.74, 6) is 1.16. The van der Waals surface area contributed by atoms with Crippen molar-refractivity contribution in [1.29, 1.82) is 0 Å². The van der Waals surface area contributed by atoms with E-state index in [2.05, 4.69) is 5.32 Å². The molecule has 2 rings (SSSR count). The van der Waals surface area contributed by atoms with E-state index in [9.17, 15) is 4.79 Å². The second kappa shape index (κ2) is 5.48. The Balaban J connectivity index is 2.01. The largest absolute Gasteiger partial charge is 0.454 e. The number of rotatable bonds is 4. The molecule has 0 aliphatic carbocycles. The highest BCUT2D eigenvalue weighted by Gasteiger charge is 2.17. The Bertz CT molecular complexity index is 448. The van der Waals surface area contributed by atoms with Gasteiger partial charge in [-0.2, -0.15) is 0 Å². The van der Waals surface area contributed by atoms with E-state index in [1.807, 2.05) is 13.8 Å². The van der Waals surface area contributed by atoms with Gasteiger partial charge in [0.15, 0.2) is 11.5 Å². The van der Waals surface area contributed by atoms with Crippen LogP contribution in [0.5, 0.6) is 11.5 Å². The van der Waals surface area contributed by atoms with Gasteiger partial charge in [0.25, 0.3) is 5.91 Å². The zero-order chi connectivity index (χ0) is 13.1. The smallest absolute Gasteiger partial charge is 0.251 e. The van der Waals surface area contributed by atoms with Crippen molar-refractivity contribution in [2.24, 2.45) is 0 Å². The molecule has 98 valence electrons. The van der Waals surface area contributed by atoms with E-state index in [0.717, 1.165) is 6.42 Å². The SMILES string of the molecule is CC(Cl)CC(C)NC(=O)c1ccc2c(c1)OCO2. The van der Waals surface area contributed by atoms with Gasteiger partial charge in [0.2, 0.25) is 6.79 Å². The first-order valence-electron chi connectivity index (χ1n) is 5.91. The van der Waals surface area contributed by atoms with Gasteiger partial charge < -0.3 is 14.8 Å². The van der Waals surface area contributed by atoms with E-state index < -0.39 is 0 Å². The van der Waals surface area contributed by atoms with Crippen LogP contribution in [0.25, 0.3) is 0 Å². The van der Waals surface area contributed by atoms with Crippen LogP contribution in [0.15, 0.2) is 18.2 Å². The first kappa shape index (κ1) is 13.0. The molecule has 0 fully saturated rings. The Hall–Kier alpha value is -1.42. The number of halogens is 1. The molecule has 2 unspecified atom stereocenters. The van der Waals surface area contributed by atoms with Gasteiger partial charge in [-0.3, -0.25) is 4.79 Å². The lowest BCUT2D eigenvalue weighted by Gasteiger charge is -2.15. The Morgan fingerprint density at radius 3 is 2.83 bits per heavy atom. The molecule has 1 aliphatic rings. The quantitative estimate of drug-likeness (QED) is 0.855. The van der Waals surface area contributed by atoms with E-state index >= 15 is 0 Å². The van der Waals surface area contributed by atoms with Crippen LogP contribution in [0.4, 0.5) is 0 Å². The summed E-state index contributed by atoms with van der Waals surface area (Å²) in [4.78, 5) is 12.0. The minimum absolute atomic E-state index is 0.0374. The summed E-state index contributed by atoms with van der Waals surface area (Å²) in [7, 11) is 0. The molecule has 0 bridgehead atoms. The molecular formula is C13H16ClNO3. The fourth-order valence-electron chi connectivity index (χ4n) is 1.89. The van der Waals surface area contributed by atoms with Gasteiger partial charge in [-0.05, 0) is 38.5 Å². The van der Waals surface area contributed by atoms with E-state index in [1.54, 1.807) is 18.2 Å². The number of fused-ring (bicyclic) bond motifs is 1. The van der Waals surface area contributed by atoms with E-state index in [1.165, 1.54) is 0 Å². The molecular weight excluding hydrogens is 254 g/mol. The molecule has 0 radical (unpaired) electrons. The number of benzene rings is 1. The predicted molar refractivity (Wildman–Crippen MR) is 69.4 cm³/mol. The number of hydrogen-bond donors (Lipinski definition) is 1. The maximum absolute atomic E-state index is 12.0. The average Bonchev–Trinajstić information content (AvgIpc) is 2.74. The fraction of sp³-hybridized carbons (Fsp3) is 0.462. The minimum Gasteiger partial charge on any atom is -0.454 e. The van der Waals surface area contributed by atoms with Crippen LogP contribution in [0.1, 0.15) is 30.6 Å². The average molecular weight is 270 g/mol. The van der Waals surface area contributed by atoms with Crippen molar-refractivity contribution in [3.63, 3.8) is 0 Å². The van der Waals surface area contributed by atoms with Gasteiger partial charge in [-0.25, -0.2) is 0 Å². The van der Waals surface area contributed by atoms with Crippen molar-refractivity contribution in [3.8, 4) is 11.5 Å². The first-order chi connectivity index (χ1) is 8.56. The number of hydrogen-bond acceptors (Lipinski definition) is 3. The number of carbonyl (C=O) groups is 1. The molecule has 1 N–H and O–H groups in total. The van der Waals surface area contributed by atoms with Crippen LogP contribution in [-0.4, -0.2) is 24.1 Å². The highest BCUT2D eigenvalue weighted by molar-refractivity contribution is 6.20. The number of ether oxygens (including phenoxy) is 2. The molecule has 1 aromatic carbocycles. The summed E-state index contributed by atoms with van der Waals surface area (Å²) < 4.78 is 10.4. The molecule has 5 heteroatoms. The van der Waals surface area contributed by atoms with Crippen LogP contribution in [0.2, 0.25) is 0 Å². The molecule has 1 heterocycles. The third-order valence-electron chi connectivity index (χ3n) is 2.69. The van der Waals surface area contributed by atoms with Gasteiger partial charge in [0.05, 0.1) is 0 Å². The number of alkyl halides is 1. The van der Waals surface area contributed by atoms with Gasteiger partial charge in [0.1, 0.15) is 0 Å². The second-order valence-corrected chi connectivity index (χ2v) is 5.20. The monoisotopic (exact) mass is 269 g/mol. The molecule has 1 aliphatic heterocycles. The second-order valence-electron chi connectivity index (χ2n) is 4.46. The normalized spacial score (nSPS) is 16.2. The highest BCUT2D eigenvalue weighted by Crippen LogP contribution is 2.32. The maximum Gasteiger partial charge on any atom is 0.251 e. The van der Waals surface area contributed by atoms with Crippen molar-refractivity contribution >= 4 is 17.5 Å². The van der Waals surface area contributed by atoms with Gasteiger partial charge >= 0.3 is 0 Å². The van der Waals surface area contributed by atoms with Gasteiger partial charge in [-0.15, -0.1) is 11.6 Å². The predicted octanol–water partition coefficient (Wildman–Crippen LogP) is 2.55. The third kappa shape index (κ3) is 3.07. The van der Waals surface area contributed by atoms with Crippen LogP contribution in [0, 0.1) is 0 Å². The van der Waals surface area contributed by atoms with E-state index in [0.29, 0.717) is 17.1 Å². The molecule has 2 atom stereocenters. The third-order valence-corrected chi connectivity index (χ3v) is 2.87. The Kier molecular flexibility index (Phi) is 3.97. The summed E-state index contributed by atoms with van der Waals surface area (Å²) in [5, 5.41) is 2.94. The number of amides is 1. The van der Waals surface area contributed by atoms with Crippen LogP contribution >= 0.6 is 11.6 Å². The Morgan fingerprint density at radius 1 is 1.39 bits per heavy atom. The molecule has 18 heavy (non-hydrogen) atoms. The van der Waals surface area contributed by atoms with Crippen LogP contribution < -0.4 is 14.8 Å². The van der Waals surface area contributed by atoms with Crippen LogP contribution in [0.3, 0.4) is 0 Å². The van der Waals surface area contributed by atoms with Crippen molar-refractivity contribution in [2.75, 3.05) is 6.79 Å². The lowest BCUT2D eigenvalue weighted by molar-refractivity contribution is 0.0938. The molecule has 1 amide bonds. The molecule has 0 aromatic heterocycles. The Morgan fingerprint density at radius 2 is 2.11 bits per heavy atom. The lowest BCUT2D eigenvalue weighted by atomic mass is 10.1. The molecule has 0 saturated carbocycles. The molecule has 1 aromatic rings. The number of carbonyl (C=O) groups excluding carboxylic acids is 1. The summed E-state index contributed by atoms with van der Waals surface area (Å²) in [6.45, 7) is 4.05. The maximum atomic E-state index is 12.0. The number of nitrogens with one attached hydrogen (secondary N) is 1. The molecule has 0 spiro atoms.